The van der Waals surface area contributed by atoms with Gasteiger partial charge in [0.25, 0.3) is 0 Å². The summed E-state index contributed by atoms with van der Waals surface area (Å²) in [6.45, 7) is 3.68. The van der Waals surface area contributed by atoms with E-state index < -0.39 is 0 Å². The van der Waals surface area contributed by atoms with E-state index in [1.165, 1.54) is 0 Å². The molecule has 0 unspecified atom stereocenters. The summed E-state index contributed by atoms with van der Waals surface area (Å²) in [5, 5.41) is 2.37. The van der Waals surface area contributed by atoms with E-state index >= 15 is 0 Å². The second-order valence-corrected chi connectivity index (χ2v) is 1.43. The molecule has 1 N–H and O–H groups in total. The molecule has 0 aromatic heterocycles. The molecule has 1 radical (unpaired) electrons. The molecule has 43 valence electrons. The first kappa shape index (κ1) is 5.15. The molecule has 1 aliphatic rings. The number of carbonyl (C=O) groups excluding carboxylic acids is 1. The van der Waals surface area contributed by atoms with Crippen LogP contribution in [0, 0.1) is 6.92 Å². The van der Waals surface area contributed by atoms with E-state index in [0.717, 1.165) is 0 Å². The van der Waals surface area contributed by atoms with Crippen molar-refractivity contribution < 1.29 is 9.53 Å². The molecule has 0 bridgehead atoms. The third kappa shape index (κ3) is 0.992. The SMILES string of the molecule is [CH2]C(=O)NC1=CCO1. The third-order valence-corrected chi connectivity index (χ3v) is 0.770. The molecule has 1 aliphatic heterocycles. The summed E-state index contributed by atoms with van der Waals surface area (Å²) >= 11 is 0. The topological polar surface area (TPSA) is 38.3 Å². The molecule has 0 saturated carbocycles. The molecule has 3 heteroatoms. The standard InChI is InChI=1S/C5H6NO2/c1-4(7)6-5-2-3-8-5/h2H,1,3H2,(H,6,7). The van der Waals surface area contributed by atoms with Crippen LogP contribution in [0.2, 0.25) is 0 Å². The molecule has 0 aromatic rings. The maximum Gasteiger partial charge on any atom is 0.227 e. The zero-order chi connectivity index (χ0) is 5.98. The molecule has 0 spiro atoms. The minimum absolute atomic E-state index is 0.337. The minimum atomic E-state index is -0.337. The second kappa shape index (κ2) is 1.86. The van der Waals surface area contributed by atoms with E-state index in [9.17, 15) is 4.79 Å². The van der Waals surface area contributed by atoms with Gasteiger partial charge >= 0.3 is 0 Å². The van der Waals surface area contributed by atoms with Gasteiger partial charge in [0.2, 0.25) is 5.91 Å². The van der Waals surface area contributed by atoms with Crippen molar-refractivity contribution in [2.75, 3.05) is 6.61 Å². The Morgan fingerprint density at radius 3 is 2.75 bits per heavy atom. The van der Waals surface area contributed by atoms with Crippen LogP contribution < -0.4 is 5.32 Å². The summed E-state index contributed by atoms with van der Waals surface area (Å²) in [7, 11) is 0. The average Bonchev–Trinajstić information content (AvgIpc) is 1.55. The van der Waals surface area contributed by atoms with Crippen molar-refractivity contribution in [2.24, 2.45) is 0 Å². The number of carbonyl (C=O) groups is 1. The van der Waals surface area contributed by atoms with Crippen LogP contribution in [0.4, 0.5) is 0 Å². The Kier molecular flexibility index (Phi) is 1.20. The average molecular weight is 112 g/mol. The zero-order valence-electron chi connectivity index (χ0n) is 4.31. The van der Waals surface area contributed by atoms with Gasteiger partial charge in [0, 0.05) is 13.0 Å². The van der Waals surface area contributed by atoms with E-state index in [1.807, 2.05) is 0 Å². The van der Waals surface area contributed by atoms with Crippen LogP contribution in [-0.4, -0.2) is 12.5 Å². The van der Waals surface area contributed by atoms with Crippen molar-refractivity contribution in [3.8, 4) is 0 Å². The predicted molar refractivity (Wildman–Crippen MR) is 27.5 cm³/mol. The van der Waals surface area contributed by atoms with Crippen LogP contribution in [0.3, 0.4) is 0 Å². The fourth-order valence-electron chi connectivity index (χ4n) is 0.391. The Bertz CT molecular complexity index is 139. The van der Waals surface area contributed by atoms with Crippen LogP contribution in [0.25, 0.3) is 0 Å². The molecule has 1 heterocycles. The summed E-state index contributed by atoms with van der Waals surface area (Å²) in [5.41, 5.74) is 0. The van der Waals surface area contributed by atoms with Gasteiger partial charge in [-0.05, 0) is 0 Å². The Labute approximate surface area is 47.3 Å². The molecule has 0 fully saturated rings. The molecule has 8 heavy (non-hydrogen) atoms. The van der Waals surface area contributed by atoms with E-state index in [2.05, 4.69) is 12.2 Å². The highest BCUT2D eigenvalue weighted by molar-refractivity contribution is 5.81. The fourth-order valence-corrected chi connectivity index (χ4v) is 0.391. The Morgan fingerprint density at radius 1 is 2.00 bits per heavy atom. The monoisotopic (exact) mass is 112 g/mol. The van der Waals surface area contributed by atoms with Crippen molar-refractivity contribution >= 4 is 5.91 Å². The maximum atomic E-state index is 10.1. The van der Waals surface area contributed by atoms with Gasteiger partial charge in [-0.3, -0.25) is 10.1 Å². The molecule has 0 aromatic carbocycles. The fraction of sp³-hybridized carbons (Fsp3) is 0.200. The van der Waals surface area contributed by atoms with Crippen LogP contribution in [0.5, 0.6) is 0 Å². The molecule has 0 atom stereocenters. The normalized spacial score (nSPS) is 15.4. The van der Waals surface area contributed by atoms with Gasteiger partial charge in [-0.15, -0.1) is 0 Å². The highest BCUT2D eigenvalue weighted by Gasteiger charge is 2.05. The van der Waals surface area contributed by atoms with Gasteiger partial charge in [-0.25, -0.2) is 0 Å². The summed E-state index contributed by atoms with van der Waals surface area (Å²) < 4.78 is 4.73. The third-order valence-electron chi connectivity index (χ3n) is 0.770. The van der Waals surface area contributed by atoms with E-state index in [4.69, 9.17) is 4.74 Å². The van der Waals surface area contributed by atoms with Crippen molar-refractivity contribution in [3.63, 3.8) is 0 Å². The quantitative estimate of drug-likeness (QED) is 0.510. The summed E-state index contributed by atoms with van der Waals surface area (Å²) in [5.74, 6) is 0.181. The van der Waals surface area contributed by atoms with Crippen molar-refractivity contribution in [1.29, 1.82) is 0 Å². The highest BCUT2D eigenvalue weighted by atomic mass is 16.5. The van der Waals surface area contributed by atoms with Crippen LogP contribution in [0.1, 0.15) is 0 Å². The van der Waals surface area contributed by atoms with Crippen LogP contribution in [-0.2, 0) is 9.53 Å². The smallest absolute Gasteiger partial charge is 0.227 e. The lowest BCUT2D eigenvalue weighted by molar-refractivity contribution is -0.117. The number of rotatable bonds is 1. The van der Waals surface area contributed by atoms with E-state index in [0.29, 0.717) is 12.5 Å². The highest BCUT2D eigenvalue weighted by Crippen LogP contribution is 2.01. The van der Waals surface area contributed by atoms with Gasteiger partial charge < -0.3 is 4.74 Å². The Hall–Kier alpha value is -0.990. The molecular weight excluding hydrogens is 106 g/mol. The van der Waals surface area contributed by atoms with Crippen molar-refractivity contribution in [1.82, 2.24) is 5.32 Å². The lowest BCUT2D eigenvalue weighted by Gasteiger charge is -2.15. The van der Waals surface area contributed by atoms with Crippen molar-refractivity contribution in [3.05, 3.63) is 18.9 Å². The van der Waals surface area contributed by atoms with Crippen LogP contribution >= 0.6 is 0 Å². The summed E-state index contributed by atoms with van der Waals surface area (Å²) in [6.07, 6.45) is 1.77. The maximum absolute atomic E-state index is 10.1. The van der Waals surface area contributed by atoms with Gasteiger partial charge in [-0.2, -0.15) is 0 Å². The number of amides is 1. The molecule has 1 amide bonds. The molecular formula is C5H6NO2. The lowest BCUT2D eigenvalue weighted by atomic mass is 10.5. The minimum Gasteiger partial charge on any atom is -0.475 e. The van der Waals surface area contributed by atoms with Gasteiger partial charge in [0.15, 0.2) is 5.88 Å². The van der Waals surface area contributed by atoms with E-state index in [-0.39, 0.29) is 5.91 Å². The zero-order valence-corrected chi connectivity index (χ0v) is 4.31. The Morgan fingerprint density at radius 2 is 2.62 bits per heavy atom. The van der Waals surface area contributed by atoms with Crippen LogP contribution in [0.15, 0.2) is 12.0 Å². The first-order chi connectivity index (χ1) is 3.79. The number of ether oxygens (including phenoxy) is 1. The lowest BCUT2D eigenvalue weighted by Crippen LogP contribution is -2.26. The number of hydrogen-bond acceptors (Lipinski definition) is 2. The van der Waals surface area contributed by atoms with Gasteiger partial charge in [0.05, 0.1) is 0 Å². The molecule has 3 nitrogen and oxygen atoms in total. The largest absolute Gasteiger partial charge is 0.475 e. The first-order valence-electron chi connectivity index (χ1n) is 2.25. The van der Waals surface area contributed by atoms with Crippen molar-refractivity contribution in [2.45, 2.75) is 0 Å². The molecule has 1 rings (SSSR count). The Balaban J connectivity index is 2.29. The predicted octanol–water partition coefficient (Wildman–Crippen LogP) is -0.192. The summed E-state index contributed by atoms with van der Waals surface area (Å²) in [4.78, 5) is 10.1. The molecule has 0 saturated heterocycles. The number of hydrogen-bond donors (Lipinski definition) is 1. The van der Waals surface area contributed by atoms with Gasteiger partial charge in [0.1, 0.15) is 6.61 Å². The summed E-state index contributed by atoms with van der Waals surface area (Å²) in [6, 6.07) is 0. The second-order valence-electron chi connectivity index (χ2n) is 1.43. The van der Waals surface area contributed by atoms with E-state index in [1.54, 1.807) is 6.08 Å². The first-order valence-corrected chi connectivity index (χ1v) is 2.25. The van der Waals surface area contributed by atoms with Gasteiger partial charge in [-0.1, -0.05) is 0 Å². The number of nitrogens with one attached hydrogen (secondary N) is 1. The molecule has 0 aliphatic carbocycles.